The molecule has 4 rings (SSSR count). The van der Waals surface area contributed by atoms with Crippen molar-refractivity contribution >= 4 is 63.5 Å². The van der Waals surface area contributed by atoms with Gasteiger partial charge in [0.2, 0.25) is 5.91 Å². The fourth-order valence-electron chi connectivity index (χ4n) is 4.43. The Bertz CT molecular complexity index is 1640. The molecule has 0 atom stereocenters. The van der Waals surface area contributed by atoms with Crippen LogP contribution in [-0.4, -0.2) is 59.0 Å². The highest BCUT2D eigenvalue weighted by Crippen LogP contribution is 2.35. The quantitative estimate of drug-likeness (QED) is 0.154. The summed E-state index contributed by atoms with van der Waals surface area (Å²) in [7, 11) is 0. The van der Waals surface area contributed by atoms with Crippen LogP contribution in [0.4, 0.5) is 27.5 Å². The fraction of sp³-hybridized carbons (Fsp3) is 0.226. The maximum absolute atomic E-state index is 13.2. The van der Waals surface area contributed by atoms with Crippen LogP contribution in [0.1, 0.15) is 25.0 Å². The predicted molar refractivity (Wildman–Crippen MR) is 170 cm³/mol. The highest BCUT2D eigenvalue weighted by atomic mass is 32.2. The van der Waals surface area contributed by atoms with Crippen molar-refractivity contribution in [3.8, 4) is 5.75 Å². The predicted octanol–water partition coefficient (Wildman–Crippen LogP) is 5.44. The number of hydrogen-bond donors (Lipinski definition) is 2. The summed E-state index contributed by atoms with van der Waals surface area (Å²) in [5.74, 6) is -1.40. The minimum Gasteiger partial charge on any atom is -0.483 e. The normalized spacial score (nSPS) is 13.6. The molecule has 0 bridgehead atoms. The zero-order valence-electron chi connectivity index (χ0n) is 24.4. The molecule has 1 fully saturated rings. The molecule has 1 aliphatic heterocycles. The summed E-state index contributed by atoms with van der Waals surface area (Å²) in [5, 5.41) is 15.7. The number of nitro groups is 1. The first kappa shape index (κ1) is 31.8. The molecule has 228 valence electrons. The van der Waals surface area contributed by atoms with E-state index in [0.717, 1.165) is 16.2 Å². The second-order valence-electron chi connectivity index (χ2n) is 9.72. The Hall–Kier alpha value is -5.17. The maximum Gasteiger partial charge on any atom is 0.294 e. The van der Waals surface area contributed by atoms with Gasteiger partial charge < -0.3 is 20.3 Å². The van der Waals surface area contributed by atoms with Crippen LogP contribution in [0.2, 0.25) is 0 Å². The van der Waals surface area contributed by atoms with Gasteiger partial charge in [-0.25, -0.2) is 0 Å². The molecule has 0 unspecified atom stereocenters. The van der Waals surface area contributed by atoms with Crippen LogP contribution in [0.25, 0.3) is 6.08 Å². The van der Waals surface area contributed by atoms with E-state index in [0.29, 0.717) is 36.1 Å². The van der Waals surface area contributed by atoms with Gasteiger partial charge >= 0.3 is 0 Å². The molecular weight excluding hydrogens is 586 g/mol. The Morgan fingerprint density at radius 2 is 1.66 bits per heavy atom. The smallest absolute Gasteiger partial charge is 0.294 e. The van der Waals surface area contributed by atoms with E-state index in [9.17, 15) is 29.3 Å². The van der Waals surface area contributed by atoms with Crippen molar-refractivity contribution in [3.05, 3.63) is 92.9 Å². The van der Waals surface area contributed by atoms with Crippen LogP contribution in [0.15, 0.2) is 71.6 Å². The van der Waals surface area contributed by atoms with E-state index in [4.69, 9.17) is 4.74 Å². The number of anilines is 3. The van der Waals surface area contributed by atoms with Gasteiger partial charge in [0.25, 0.3) is 22.7 Å². The van der Waals surface area contributed by atoms with E-state index in [-0.39, 0.29) is 22.0 Å². The summed E-state index contributed by atoms with van der Waals surface area (Å²) >= 11 is 0.704. The van der Waals surface area contributed by atoms with Crippen LogP contribution in [0, 0.1) is 17.0 Å². The number of nitrogens with zero attached hydrogens (tertiary/aromatic N) is 3. The number of benzene rings is 3. The van der Waals surface area contributed by atoms with Crippen LogP contribution >= 0.6 is 11.8 Å². The Morgan fingerprint density at radius 1 is 0.977 bits per heavy atom. The van der Waals surface area contributed by atoms with Crippen molar-refractivity contribution < 1.29 is 28.8 Å². The van der Waals surface area contributed by atoms with Gasteiger partial charge in [-0.1, -0.05) is 18.2 Å². The first-order valence-electron chi connectivity index (χ1n) is 13.8. The highest BCUT2D eigenvalue weighted by molar-refractivity contribution is 8.18. The monoisotopic (exact) mass is 617 g/mol. The van der Waals surface area contributed by atoms with Crippen molar-refractivity contribution in [3.63, 3.8) is 0 Å². The first-order chi connectivity index (χ1) is 21.1. The molecule has 1 aliphatic rings. The molecule has 0 saturated carbocycles. The molecule has 1 saturated heterocycles. The number of imide groups is 1. The van der Waals surface area contributed by atoms with Gasteiger partial charge in [-0.3, -0.25) is 34.2 Å². The van der Waals surface area contributed by atoms with Gasteiger partial charge in [0.05, 0.1) is 9.83 Å². The minimum atomic E-state index is -0.624. The van der Waals surface area contributed by atoms with Crippen LogP contribution in [0.3, 0.4) is 0 Å². The van der Waals surface area contributed by atoms with Gasteiger partial charge in [0.1, 0.15) is 12.3 Å². The highest BCUT2D eigenvalue weighted by Gasteiger charge is 2.36. The molecule has 4 amide bonds. The third-order valence-electron chi connectivity index (χ3n) is 6.59. The van der Waals surface area contributed by atoms with E-state index >= 15 is 0 Å². The van der Waals surface area contributed by atoms with Gasteiger partial charge in [0.15, 0.2) is 6.61 Å². The molecule has 44 heavy (non-hydrogen) atoms. The molecule has 3 aromatic rings. The largest absolute Gasteiger partial charge is 0.483 e. The van der Waals surface area contributed by atoms with E-state index < -0.39 is 41.0 Å². The number of aryl methyl sites for hydroxylation is 1. The van der Waals surface area contributed by atoms with Crippen LogP contribution in [-0.2, 0) is 14.4 Å². The number of amides is 4. The van der Waals surface area contributed by atoms with Gasteiger partial charge in [-0.05, 0) is 74.5 Å². The number of thioether (sulfide) groups is 1. The first-order valence-corrected chi connectivity index (χ1v) is 14.6. The Labute approximate surface area is 258 Å². The van der Waals surface area contributed by atoms with Gasteiger partial charge in [0, 0.05) is 53.9 Å². The lowest BCUT2D eigenvalue weighted by molar-refractivity contribution is -0.384. The molecule has 0 aliphatic carbocycles. The molecule has 2 N–H and O–H groups in total. The maximum atomic E-state index is 13.2. The molecule has 0 aromatic heterocycles. The van der Waals surface area contributed by atoms with E-state index in [1.54, 1.807) is 30.3 Å². The number of nitro benzene ring substituents is 1. The lowest BCUT2D eigenvalue weighted by Crippen LogP contribution is -2.36. The number of ether oxygens (including phenoxy) is 1. The average molecular weight is 618 g/mol. The molecule has 12 nitrogen and oxygen atoms in total. The third-order valence-corrected chi connectivity index (χ3v) is 7.50. The second kappa shape index (κ2) is 14.3. The minimum absolute atomic E-state index is 0.0971. The number of non-ortho nitro benzene ring substituents is 1. The lowest BCUT2D eigenvalue weighted by Gasteiger charge is -2.22. The van der Waals surface area contributed by atoms with Crippen molar-refractivity contribution in [1.82, 2.24) is 4.90 Å². The summed E-state index contributed by atoms with van der Waals surface area (Å²) in [6.45, 7) is 6.43. The number of carbonyl (C=O) groups is 4. The molecule has 0 spiro atoms. The SMILES string of the molecule is CCN(CC)c1ccc(/C=C2/SC(=O)N(CC(=O)Nc3cccc(C)c3)C2=O)c(OCC(=O)Nc2cccc([N+](=O)[O-])c2)c1. The lowest BCUT2D eigenvalue weighted by atomic mass is 10.1. The van der Waals surface area contributed by atoms with Gasteiger partial charge in [-0.15, -0.1) is 0 Å². The molecule has 0 radical (unpaired) electrons. The summed E-state index contributed by atoms with van der Waals surface area (Å²) in [4.78, 5) is 64.7. The Balaban J connectivity index is 1.51. The van der Waals surface area contributed by atoms with Crippen molar-refractivity contribution in [1.29, 1.82) is 0 Å². The van der Waals surface area contributed by atoms with E-state index in [1.165, 1.54) is 30.3 Å². The number of hydrogen-bond acceptors (Lipinski definition) is 9. The number of carbonyl (C=O) groups excluding carboxylic acids is 4. The Morgan fingerprint density at radius 3 is 2.34 bits per heavy atom. The van der Waals surface area contributed by atoms with E-state index in [1.807, 2.05) is 32.9 Å². The number of nitrogens with one attached hydrogen (secondary N) is 2. The Kier molecular flexibility index (Phi) is 10.3. The van der Waals surface area contributed by atoms with Crippen molar-refractivity contribution in [2.24, 2.45) is 0 Å². The third kappa shape index (κ3) is 8.01. The number of rotatable bonds is 12. The molecule has 3 aromatic carbocycles. The fourth-order valence-corrected chi connectivity index (χ4v) is 5.26. The molecule has 1 heterocycles. The van der Waals surface area contributed by atoms with Crippen molar-refractivity contribution in [2.45, 2.75) is 20.8 Å². The van der Waals surface area contributed by atoms with E-state index in [2.05, 4.69) is 15.5 Å². The van der Waals surface area contributed by atoms with Crippen LogP contribution in [0.5, 0.6) is 5.75 Å². The molecule has 13 heteroatoms. The summed E-state index contributed by atoms with van der Waals surface area (Å²) < 4.78 is 5.87. The average Bonchev–Trinajstić information content (AvgIpc) is 3.24. The summed E-state index contributed by atoms with van der Waals surface area (Å²) in [6.07, 6.45) is 1.49. The zero-order valence-corrected chi connectivity index (χ0v) is 25.2. The standard InChI is InChI=1S/C31H31N5O7S/c1-4-34(5-2)24-13-12-21(26(17-24)43-19-29(38)33-23-10-7-11-25(16-23)36(41)42)15-27-30(39)35(31(40)44-27)18-28(37)32-22-9-6-8-20(3)14-22/h6-17H,4-5,18-19H2,1-3H3,(H,32,37)(H,33,38)/b27-15+. The summed E-state index contributed by atoms with van der Waals surface area (Å²) in [5.41, 5.74) is 2.84. The molecular formula is C31H31N5O7S. The van der Waals surface area contributed by atoms with Crippen LogP contribution < -0.4 is 20.3 Å². The second-order valence-corrected chi connectivity index (χ2v) is 10.7. The topological polar surface area (TPSA) is 151 Å². The van der Waals surface area contributed by atoms with Gasteiger partial charge in [-0.2, -0.15) is 0 Å². The summed E-state index contributed by atoms with van der Waals surface area (Å²) in [6, 6.07) is 18.0. The van der Waals surface area contributed by atoms with Crippen molar-refractivity contribution in [2.75, 3.05) is 41.8 Å². The zero-order chi connectivity index (χ0) is 31.8.